The molecule has 0 aliphatic rings. The van der Waals surface area contributed by atoms with Crippen LogP contribution in [0, 0.1) is 0 Å². The molecule has 0 heterocycles. The topological polar surface area (TPSA) is 101 Å². The molecule has 1 N–H and O–H groups in total. The summed E-state index contributed by atoms with van der Waals surface area (Å²) in [6.07, 6.45) is 1.12. The summed E-state index contributed by atoms with van der Waals surface area (Å²) in [6.45, 7) is 11.7. The SMILES string of the molecule is C=C(C)C(=O)OCCCOc1ccc(-c2cc(OC(=O)C(=C)C)cc(-c3ccc(OCCCOO)cc3)c2)cc1. The van der Waals surface area contributed by atoms with E-state index in [0.29, 0.717) is 54.5 Å². The zero-order valence-electron chi connectivity index (χ0n) is 22.8. The molecule has 0 aromatic heterocycles. The van der Waals surface area contributed by atoms with Crippen molar-refractivity contribution in [3.05, 3.63) is 91.0 Å². The molecule has 3 rings (SSSR count). The van der Waals surface area contributed by atoms with Crippen molar-refractivity contribution < 1.29 is 38.7 Å². The predicted molar refractivity (Wildman–Crippen MR) is 152 cm³/mol. The Labute approximate surface area is 234 Å². The lowest BCUT2D eigenvalue weighted by atomic mass is 9.98. The van der Waals surface area contributed by atoms with Crippen LogP contribution < -0.4 is 14.2 Å². The number of carbonyl (C=O) groups is 2. The second-order valence-corrected chi connectivity index (χ2v) is 9.12. The van der Waals surface area contributed by atoms with Gasteiger partial charge in [0.1, 0.15) is 17.2 Å². The lowest BCUT2D eigenvalue weighted by Gasteiger charge is -2.13. The van der Waals surface area contributed by atoms with Crippen LogP contribution in [0.1, 0.15) is 26.7 Å². The Morgan fingerprint density at radius 1 is 0.625 bits per heavy atom. The number of esters is 2. The third-order valence-corrected chi connectivity index (χ3v) is 5.63. The van der Waals surface area contributed by atoms with Crippen LogP contribution in [-0.4, -0.2) is 43.6 Å². The van der Waals surface area contributed by atoms with Gasteiger partial charge in [0, 0.05) is 24.0 Å². The van der Waals surface area contributed by atoms with Gasteiger partial charge in [0.2, 0.25) is 0 Å². The molecule has 0 aliphatic heterocycles. The summed E-state index contributed by atoms with van der Waals surface area (Å²) < 4.78 is 22.1. The van der Waals surface area contributed by atoms with Crippen LogP contribution >= 0.6 is 0 Å². The Kier molecular flexibility index (Phi) is 11.5. The van der Waals surface area contributed by atoms with E-state index in [1.54, 1.807) is 26.0 Å². The van der Waals surface area contributed by atoms with Crippen LogP contribution in [0.5, 0.6) is 17.2 Å². The third-order valence-electron chi connectivity index (χ3n) is 5.63. The second kappa shape index (κ2) is 15.3. The molecule has 0 bridgehead atoms. The van der Waals surface area contributed by atoms with Crippen molar-refractivity contribution in [2.45, 2.75) is 26.7 Å². The maximum Gasteiger partial charge on any atom is 0.338 e. The van der Waals surface area contributed by atoms with Crippen LogP contribution in [0.15, 0.2) is 91.0 Å². The van der Waals surface area contributed by atoms with Gasteiger partial charge in [0.25, 0.3) is 0 Å². The van der Waals surface area contributed by atoms with Gasteiger partial charge in [0.05, 0.1) is 26.4 Å². The average Bonchev–Trinajstić information content (AvgIpc) is 2.95. The number of hydrogen-bond acceptors (Lipinski definition) is 8. The van der Waals surface area contributed by atoms with Gasteiger partial charge in [0.15, 0.2) is 0 Å². The largest absolute Gasteiger partial charge is 0.494 e. The van der Waals surface area contributed by atoms with Gasteiger partial charge >= 0.3 is 11.9 Å². The molecule has 8 heteroatoms. The van der Waals surface area contributed by atoms with E-state index in [1.807, 2.05) is 54.6 Å². The van der Waals surface area contributed by atoms with Crippen LogP contribution in [0.25, 0.3) is 22.3 Å². The Morgan fingerprint density at radius 3 is 1.55 bits per heavy atom. The molecule has 0 amide bonds. The molecule has 8 nitrogen and oxygen atoms in total. The number of rotatable bonds is 15. The number of carbonyl (C=O) groups excluding carboxylic acids is 2. The van der Waals surface area contributed by atoms with Gasteiger partial charge in [-0.1, -0.05) is 37.4 Å². The van der Waals surface area contributed by atoms with Crippen molar-refractivity contribution in [3.8, 4) is 39.5 Å². The maximum absolute atomic E-state index is 12.3. The zero-order valence-corrected chi connectivity index (χ0v) is 22.8. The highest BCUT2D eigenvalue weighted by Gasteiger charge is 2.11. The zero-order chi connectivity index (χ0) is 28.9. The summed E-state index contributed by atoms with van der Waals surface area (Å²) in [5.41, 5.74) is 4.19. The van der Waals surface area contributed by atoms with E-state index in [0.717, 1.165) is 22.3 Å². The van der Waals surface area contributed by atoms with Crippen LogP contribution in [0.3, 0.4) is 0 Å². The van der Waals surface area contributed by atoms with Crippen molar-refractivity contribution in [2.75, 3.05) is 26.4 Å². The highest BCUT2D eigenvalue weighted by atomic mass is 17.1. The maximum atomic E-state index is 12.3. The van der Waals surface area contributed by atoms with Crippen LogP contribution in [0.4, 0.5) is 0 Å². The van der Waals surface area contributed by atoms with E-state index < -0.39 is 11.9 Å². The summed E-state index contributed by atoms with van der Waals surface area (Å²) in [5, 5.41) is 8.42. The Bertz CT molecular complexity index is 1310. The Morgan fingerprint density at radius 2 is 1.10 bits per heavy atom. The highest BCUT2D eigenvalue weighted by molar-refractivity contribution is 5.89. The fraction of sp³-hybridized carbons (Fsp3) is 0.250. The van der Waals surface area contributed by atoms with Gasteiger partial charge in [-0.15, -0.1) is 0 Å². The smallest absolute Gasteiger partial charge is 0.338 e. The van der Waals surface area contributed by atoms with Crippen molar-refractivity contribution in [1.82, 2.24) is 0 Å². The molecule has 3 aromatic carbocycles. The minimum atomic E-state index is -0.503. The number of ether oxygens (including phenoxy) is 4. The summed E-state index contributed by atoms with van der Waals surface area (Å²) >= 11 is 0. The van der Waals surface area contributed by atoms with Gasteiger partial charge in [-0.2, -0.15) is 0 Å². The number of hydrogen-bond donors (Lipinski definition) is 1. The van der Waals surface area contributed by atoms with E-state index in [-0.39, 0.29) is 13.2 Å². The van der Waals surface area contributed by atoms with Crippen LogP contribution in [0.2, 0.25) is 0 Å². The lowest BCUT2D eigenvalue weighted by molar-refractivity contribution is -0.243. The molecular weight excluding hydrogens is 512 g/mol. The predicted octanol–water partition coefficient (Wildman–Crippen LogP) is 6.65. The first kappa shape index (κ1) is 30.1. The number of benzene rings is 3. The lowest BCUT2D eigenvalue weighted by Crippen LogP contribution is -2.09. The monoisotopic (exact) mass is 546 g/mol. The van der Waals surface area contributed by atoms with E-state index >= 15 is 0 Å². The molecule has 0 saturated heterocycles. The fourth-order valence-electron chi connectivity index (χ4n) is 3.52. The van der Waals surface area contributed by atoms with Gasteiger partial charge < -0.3 is 18.9 Å². The van der Waals surface area contributed by atoms with Gasteiger partial charge in [-0.25, -0.2) is 14.5 Å². The average molecular weight is 547 g/mol. The molecule has 40 heavy (non-hydrogen) atoms. The quantitative estimate of drug-likeness (QED) is 0.0565. The molecule has 0 atom stereocenters. The molecule has 0 saturated carbocycles. The molecule has 0 radical (unpaired) electrons. The fourth-order valence-corrected chi connectivity index (χ4v) is 3.52. The minimum Gasteiger partial charge on any atom is -0.494 e. The summed E-state index contributed by atoms with van der Waals surface area (Å²) in [6, 6.07) is 20.7. The van der Waals surface area contributed by atoms with Crippen LogP contribution in [-0.2, 0) is 19.2 Å². The summed E-state index contributed by atoms with van der Waals surface area (Å²) in [7, 11) is 0. The minimum absolute atomic E-state index is 0.205. The summed E-state index contributed by atoms with van der Waals surface area (Å²) in [4.78, 5) is 27.7. The van der Waals surface area contributed by atoms with E-state index in [2.05, 4.69) is 18.0 Å². The molecule has 210 valence electrons. The van der Waals surface area contributed by atoms with E-state index in [1.165, 1.54) is 0 Å². The second-order valence-electron chi connectivity index (χ2n) is 9.12. The van der Waals surface area contributed by atoms with E-state index in [9.17, 15) is 9.59 Å². The standard InChI is InChI=1S/C32H34O8/c1-22(2)31(33)38-17-5-15-36-28-11-7-24(8-12-28)26-19-27(21-30(20-26)40-32(34)23(3)4)25-9-13-29(14-10-25)37-16-6-18-39-35/h7-14,19-21,35H,1,3,5-6,15-18H2,2,4H3. The highest BCUT2D eigenvalue weighted by Crippen LogP contribution is 2.33. The Balaban J connectivity index is 1.74. The van der Waals surface area contributed by atoms with Crippen molar-refractivity contribution in [1.29, 1.82) is 0 Å². The van der Waals surface area contributed by atoms with Crippen molar-refractivity contribution in [3.63, 3.8) is 0 Å². The molecule has 0 unspecified atom stereocenters. The molecular formula is C32H34O8. The van der Waals surface area contributed by atoms with Gasteiger partial charge in [-0.05, 0) is 78.6 Å². The third kappa shape index (κ3) is 9.41. The molecule has 0 spiro atoms. The summed E-state index contributed by atoms with van der Waals surface area (Å²) in [5.74, 6) is 0.859. The van der Waals surface area contributed by atoms with Gasteiger partial charge in [-0.3, -0.25) is 5.26 Å². The van der Waals surface area contributed by atoms with Crippen molar-refractivity contribution >= 4 is 11.9 Å². The Hall–Kier alpha value is -4.40. The van der Waals surface area contributed by atoms with Crippen molar-refractivity contribution in [2.24, 2.45) is 0 Å². The normalized spacial score (nSPS) is 10.5. The molecule has 3 aromatic rings. The first-order chi connectivity index (χ1) is 19.3. The van der Waals surface area contributed by atoms with E-state index in [4.69, 9.17) is 24.2 Å². The molecule has 0 fully saturated rings. The molecule has 0 aliphatic carbocycles. The first-order valence-corrected chi connectivity index (χ1v) is 12.8. The first-order valence-electron chi connectivity index (χ1n) is 12.8.